The summed E-state index contributed by atoms with van der Waals surface area (Å²) in [6.07, 6.45) is -2.67. The van der Waals surface area contributed by atoms with E-state index in [0.717, 1.165) is 29.3 Å². The summed E-state index contributed by atoms with van der Waals surface area (Å²) in [5, 5.41) is 13.8. The van der Waals surface area contributed by atoms with E-state index in [1.54, 1.807) is 0 Å². The predicted octanol–water partition coefficient (Wildman–Crippen LogP) is 3.41. The van der Waals surface area contributed by atoms with Crippen LogP contribution in [-0.4, -0.2) is 47.3 Å². The fraction of sp³-hybridized carbons (Fsp3) is 0.500. The Labute approximate surface area is 144 Å². The number of aliphatic hydroxyl groups is 1. The molecule has 0 saturated carbocycles. The lowest BCUT2D eigenvalue weighted by Crippen LogP contribution is -2.41. The van der Waals surface area contributed by atoms with Crippen molar-refractivity contribution in [2.75, 3.05) is 31.5 Å². The first-order valence-corrected chi connectivity index (χ1v) is 8.47. The van der Waals surface area contributed by atoms with Crippen molar-refractivity contribution >= 4 is 16.7 Å². The van der Waals surface area contributed by atoms with Gasteiger partial charge in [0.15, 0.2) is 0 Å². The van der Waals surface area contributed by atoms with E-state index in [2.05, 4.69) is 10.3 Å². The highest BCUT2D eigenvalue weighted by atomic mass is 19.4. The van der Waals surface area contributed by atoms with Crippen LogP contribution in [0.15, 0.2) is 30.3 Å². The molecule has 0 atom stereocenters. The number of rotatable bonds is 5. The van der Waals surface area contributed by atoms with Crippen LogP contribution in [0.4, 0.5) is 19.0 Å². The van der Waals surface area contributed by atoms with E-state index in [0.29, 0.717) is 31.4 Å². The largest absolute Gasteiger partial charge is 0.401 e. The summed E-state index contributed by atoms with van der Waals surface area (Å²) < 4.78 is 37.3. The Kier molecular flexibility index (Phi) is 5.44. The fourth-order valence-corrected chi connectivity index (χ4v) is 3.28. The van der Waals surface area contributed by atoms with Gasteiger partial charge in [0.1, 0.15) is 5.82 Å². The third-order valence-electron chi connectivity index (χ3n) is 4.64. The molecule has 7 heteroatoms. The molecule has 1 saturated heterocycles. The number of nitrogens with zero attached hydrogens (tertiary/aromatic N) is 2. The SMILES string of the molecule is OCc1cc2ccccc2nc1NCC1CCN(CC(F)(F)F)CC1. The molecule has 3 rings (SSSR count). The van der Waals surface area contributed by atoms with E-state index >= 15 is 0 Å². The number of nitrogens with one attached hydrogen (secondary N) is 1. The summed E-state index contributed by atoms with van der Waals surface area (Å²) in [6, 6.07) is 9.61. The number of aromatic nitrogens is 1. The number of pyridine rings is 1. The van der Waals surface area contributed by atoms with E-state index in [-0.39, 0.29) is 6.61 Å². The number of alkyl halides is 3. The molecular formula is C18H22F3N3O. The number of para-hydroxylation sites is 1. The molecule has 1 fully saturated rings. The average molecular weight is 353 g/mol. The number of anilines is 1. The first kappa shape index (κ1) is 17.9. The molecule has 0 radical (unpaired) electrons. The Morgan fingerprint density at radius 3 is 2.60 bits per heavy atom. The molecule has 136 valence electrons. The summed E-state index contributed by atoms with van der Waals surface area (Å²) in [7, 11) is 0. The van der Waals surface area contributed by atoms with Gasteiger partial charge in [-0.1, -0.05) is 18.2 Å². The summed E-state index contributed by atoms with van der Waals surface area (Å²) in [6.45, 7) is 0.643. The number of halogens is 3. The number of fused-ring (bicyclic) bond motifs is 1. The van der Waals surface area contributed by atoms with Crippen LogP contribution in [0.3, 0.4) is 0 Å². The van der Waals surface area contributed by atoms with Gasteiger partial charge in [-0.05, 0) is 44.0 Å². The Morgan fingerprint density at radius 2 is 1.92 bits per heavy atom. The minimum atomic E-state index is -4.13. The molecule has 1 aromatic heterocycles. The van der Waals surface area contributed by atoms with Gasteiger partial charge >= 0.3 is 6.18 Å². The lowest BCUT2D eigenvalue weighted by Gasteiger charge is -2.32. The van der Waals surface area contributed by atoms with E-state index in [4.69, 9.17) is 0 Å². The highest BCUT2D eigenvalue weighted by Gasteiger charge is 2.32. The maximum absolute atomic E-state index is 12.4. The molecule has 0 bridgehead atoms. The van der Waals surface area contributed by atoms with Crippen LogP contribution in [-0.2, 0) is 6.61 Å². The first-order chi connectivity index (χ1) is 11.9. The number of piperidine rings is 1. The topological polar surface area (TPSA) is 48.4 Å². The second-order valence-corrected chi connectivity index (χ2v) is 6.56. The minimum absolute atomic E-state index is 0.107. The highest BCUT2D eigenvalue weighted by Crippen LogP contribution is 2.24. The van der Waals surface area contributed by atoms with Gasteiger partial charge in [-0.3, -0.25) is 4.90 Å². The molecule has 1 aromatic carbocycles. The standard InChI is InChI=1S/C18H22F3N3O/c19-18(20,21)12-24-7-5-13(6-8-24)10-22-17-15(11-25)9-14-3-1-2-4-16(14)23-17/h1-4,9,13,25H,5-8,10-12H2,(H,22,23). The van der Waals surface area contributed by atoms with Gasteiger partial charge in [0.25, 0.3) is 0 Å². The highest BCUT2D eigenvalue weighted by molar-refractivity contribution is 5.81. The number of hydrogen-bond donors (Lipinski definition) is 2. The van der Waals surface area contributed by atoms with Gasteiger partial charge in [-0.2, -0.15) is 13.2 Å². The van der Waals surface area contributed by atoms with Crippen LogP contribution < -0.4 is 5.32 Å². The van der Waals surface area contributed by atoms with Crippen LogP contribution in [0.5, 0.6) is 0 Å². The predicted molar refractivity (Wildman–Crippen MR) is 91.4 cm³/mol. The van der Waals surface area contributed by atoms with Gasteiger partial charge in [-0.25, -0.2) is 4.98 Å². The monoisotopic (exact) mass is 353 g/mol. The molecule has 2 aromatic rings. The Hall–Kier alpha value is -1.86. The van der Waals surface area contributed by atoms with Crippen LogP contribution in [0.1, 0.15) is 18.4 Å². The van der Waals surface area contributed by atoms with Crippen molar-refractivity contribution in [2.45, 2.75) is 25.6 Å². The van der Waals surface area contributed by atoms with Gasteiger partial charge < -0.3 is 10.4 Å². The Balaban J connectivity index is 1.58. The lowest BCUT2D eigenvalue weighted by molar-refractivity contribution is -0.148. The maximum atomic E-state index is 12.4. The second-order valence-electron chi connectivity index (χ2n) is 6.56. The summed E-state index contributed by atoms with van der Waals surface area (Å²) in [5.74, 6) is 0.961. The molecule has 1 aliphatic heterocycles. The van der Waals surface area contributed by atoms with Crippen molar-refractivity contribution in [3.63, 3.8) is 0 Å². The normalized spacial score (nSPS) is 17.1. The molecule has 0 unspecified atom stereocenters. The summed E-state index contributed by atoms with van der Waals surface area (Å²) in [5.41, 5.74) is 1.58. The van der Waals surface area contributed by atoms with Gasteiger partial charge in [0, 0.05) is 17.5 Å². The minimum Gasteiger partial charge on any atom is -0.392 e. The maximum Gasteiger partial charge on any atom is 0.401 e. The van der Waals surface area contributed by atoms with E-state index in [1.165, 1.54) is 4.90 Å². The molecule has 2 N–H and O–H groups in total. The van der Waals surface area contributed by atoms with Crippen molar-refractivity contribution in [3.8, 4) is 0 Å². The third-order valence-corrected chi connectivity index (χ3v) is 4.64. The molecule has 25 heavy (non-hydrogen) atoms. The van der Waals surface area contributed by atoms with Gasteiger partial charge in [-0.15, -0.1) is 0 Å². The summed E-state index contributed by atoms with van der Waals surface area (Å²) in [4.78, 5) is 6.03. The van der Waals surface area contributed by atoms with Crippen LogP contribution in [0, 0.1) is 5.92 Å². The Bertz CT molecular complexity index is 712. The van der Waals surface area contributed by atoms with E-state index in [9.17, 15) is 18.3 Å². The van der Waals surface area contributed by atoms with Crippen LogP contribution in [0.25, 0.3) is 10.9 Å². The van der Waals surface area contributed by atoms with Crippen molar-refractivity contribution in [3.05, 3.63) is 35.9 Å². The number of aliphatic hydroxyl groups excluding tert-OH is 1. The number of hydrogen-bond acceptors (Lipinski definition) is 4. The zero-order chi connectivity index (χ0) is 17.9. The number of benzene rings is 1. The van der Waals surface area contributed by atoms with Crippen molar-refractivity contribution in [1.29, 1.82) is 0 Å². The fourth-order valence-electron chi connectivity index (χ4n) is 3.28. The molecule has 0 spiro atoms. The second kappa shape index (κ2) is 7.58. The molecule has 2 heterocycles. The smallest absolute Gasteiger partial charge is 0.392 e. The molecule has 4 nitrogen and oxygen atoms in total. The zero-order valence-electron chi connectivity index (χ0n) is 13.9. The number of likely N-dealkylation sites (tertiary alicyclic amines) is 1. The summed E-state index contributed by atoms with van der Waals surface area (Å²) >= 11 is 0. The zero-order valence-corrected chi connectivity index (χ0v) is 13.9. The van der Waals surface area contributed by atoms with E-state index < -0.39 is 12.7 Å². The quantitative estimate of drug-likeness (QED) is 0.865. The Morgan fingerprint density at radius 1 is 1.20 bits per heavy atom. The lowest BCUT2D eigenvalue weighted by atomic mass is 9.96. The van der Waals surface area contributed by atoms with Crippen LogP contribution >= 0.6 is 0 Å². The van der Waals surface area contributed by atoms with Crippen molar-refractivity contribution in [1.82, 2.24) is 9.88 Å². The third kappa shape index (κ3) is 4.83. The molecule has 0 aliphatic carbocycles. The first-order valence-electron chi connectivity index (χ1n) is 8.47. The van der Waals surface area contributed by atoms with Gasteiger partial charge in [0.2, 0.25) is 0 Å². The van der Waals surface area contributed by atoms with Crippen molar-refractivity contribution < 1.29 is 18.3 Å². The molecular weight excluding hydrogens is 331 g/mol. The molecule has 0 amide bonds. The molecule has 1 aliphatic rings. The van der Waals surface area contributed by atoms with Crippen molar-refractivity contribution in [2.24, 2.45) is 5.92 Å². The van der Waals surface area contributed by atoms with Crippen LogP contribution in [0.2, 0.25) is 0 Å². The van der Waals surface area contributed by atoms with E-state index in [1.807, 2.05) is 30.3 Å². The average Bonchev–Trinajstić information content (AvgIpc) is 2.59. The van der Waals surface area contributed by atoms with Gasteiger partial charge in [0.05, 0.1) is 18.7 Å².